The van der Waals surface area contributed by atoms with Gasteiger partial charge in [0, 0.05) is 22.5 Å². The van der Waals surface area contributed by atoms with E-state index in [0.29, 0.717) is 11.8 Å². The van der Waals surface area contributed by atoms with Crippen molar-refractivity contribution in [2.75, 3.05) is 4.90 Å². The summed E-state index contributed by atoms with van der Waals surface area (Å²) in [6.07, 6.45) is 21.5. The van der Waals surface area contributed by atoms with Crippen LogP contribution in [-0.2, 0) is 5.41 Å². The molecule has 4 unspecified atom stereocenters. The Balaban J connectivity index is 1.02. The van der Waals surface area contributed by atoms with Crippen LogP contribution in [0.4, 0.5) is 11.4 Å². The lowest BCUT2D eigenvalue weighted by Crippen LogP contribution is -2.23. The monoisotopic (exact) mass is 691 g/mol. The van der Waals surface area contributed by atoms with Gasteiger partial charge in [0.15, 0.2) is 0 Å². The minimum atomic E-state index is -0.0989. The first-order valence-electron chi connectivity index (χ1n) is 20.7. The number of fused-ring (bicyclic) bond motifs is 5. The molecule has 0 spiro atoms. The van der Waals surface area contributed by atoms with E-state index in [2.05, 4.69) is 152 Å². The van der Waals surface area contributed by atoms with Crippen molar-refractivity contribution < 1.29 is 0 Å². The van der Waals surface area contributed by atoms with Gasteiger partial charge in [0.05, 0.1) is 0 Å². The van der Waals surface area contributed by atoms with Crippen molar-refractivity contribution in [2.45, 2.75) is 89.4 Å². The quantitative estimate of drug-likeness (QED) is 0.164. The van der Waals surface area contributed by atoms with Gasteiger partial charge in [-0.05, 0) is 155 Å². The van der Waals surface area contributed by atoms with Crippen molar-refractivity contribution in [3.05, 3.63) is 156 Å². The van der Waals surface area contributed by atoms with Crippen LogP contribution < -0.4 is 4.90 Å². The molecular formula is C52H53N. The van der Waals surface area contributed by atoms with E-state index in [0.717, 1.165) is 24.2 Å². The Labute approximate surface area is 317 Å². The molecule has 0 aromatic heterocycles. The number of hydrogen-bond acceptors (Lipinski definition) is 1. The fraction of sp³-hybridized carbons (Fsp3) is 0.346. The highest BCUT2D eigenvalue weighted by Gasteiger charge is 2.42. The Morgan fingerprint density at radius 2 is 1.34 bits per heavy atom. The van der Waals surface area contributed by atoms with Crippen LogP contribution in [0.25, 0.3) is 33.4 Å². The summed E-state index contributed by atoms with van der Waals surface area (Å²) in [5.41, 5.74) is 15.9. The fourth-order valence-electron chi connectivity index (χ4n) is 11.4. The van der Waals surface area contributed by atoms with Crippen LogP contribution >= 0.6 is 0 Å². The van der Waals surface area contributed by atoms with Crippen LogP contribution in [0.15, 0.2) is 139 Å². The maximum atomic E-state index is 2.59. The van der Waals surface area contributed by atoms with E-state index in [-0.39, 0.29) is 5.41 Å². The molecule has 1 heteroatoms. The Morgan fingerprint density at radius 1 is 0.585 bits per heavy atom. The lowest BCUT2D eigenvalue weighted by molar-refractivity contribution is 0.262. The van der Waals surface area contributed by atoms with Gasteiger partial charge in [0.25, 0.3) is 0 Å². The van der Waals surface area contributed by atoms with Crippen molar-refractivity contribution in [2.24, 2.45) is 23.7 Å². The number of allylic oxidation sites excluding steroid dienone is 3. The molecule has 0 saturated heterocycles. The predicted molar refractivity (Wildman–Crippen MR) is 224 cm³/mol. The maximum Gasteiger partial charge on any atom is 0.0464 e. The molecule has 5 aromatic carbocycles. The highest BCUT2D eigenvalue weighted by Crippen LogP contribution is 2.54. The Kier molecular flexibility index (Phi) is 8.31. The van der Waals surface area contributed by atoms with Gasteiger partial charge < -0.3 is 4.90 Å². The van der Waals surface area contributed by atoms with Crippen LogP contribution in [0, 0.1) is 23.7 Å². The normalized spacial score (nSPS) is 24.2. The van der Waals surface area contributed by atoms with Crippen molar-refractivity contribution in [1.82, 2.24) is 0 Å². The first-order valence-corrected chi connectivity index (χ1v) is 20.7. The molecule has 266 valence electrons. The summed E-state index contributed by atoms with van der Waals surface area (Å²) >= 11 is 0. The summed E-state index contributed by atoms with van der Waals surface area (Å²) in [4.78, 5) is 2.55. The second-order valence-electron chi connectivity index (χ2n) is 17.5. The van der Waals surface area contributed by atoms with Crippen molar-refractivity contribution in [1.29, 1.82) is 0 Å². The molecule has 1 nitrogen and oxygen atoms in total. The van der Waals surface area contributed by atoms with Crippen LogP contribution in [0.2, 0.25) is 0 Å². The zero-order valence-electron chi connectivity index (χ0n) is 31.6. The van der Waals surface area contributed by atoms with E-state index >= 15 is 0 Å². The third kappa shape index (κ3) is 5.83. The smallest absolute Gasteiger partial charge is 0.0464 e. The number of anilines is 2. The maximum absolute atomic E-state index is 2.59. The number of rotatable bonds is 7. The molecule has 4 atom stereocenters. The highest BCUT2D eigenvalue weighted by atomic mass is 15.1. The number of nitrogens with zero attached hydrogens (tertiary/aromatic N) is 1. The second-order valence-corrected chi connectivity index (χ2v) is 17.5. The number of benzene rings is 5. The van der Waals surface area contributed by atoms with E-state index < -0.39 is 0 Å². The Morgan fingerprint density at radius 3 is 2.06 bits per heavy atom. The minimum Gasteiger partial charge on any atom is -0.311 e. The molecule has 10 rings (SSSR count). The van der Waals surface area contributed by atoms with Crippen LogP contribution in [0.5, 0.6) is 0 Å². The zero-order chi connectivity index (χ0) is 35.5. The summed E-state index contributed by atoms with van der Waals surface area (Å²) < 4.78 is 0. The molecule has 0 aliphatic heterocycles. The first-order chi connectivity index (χ1) is 26.0. The third-order valence-corrected chi connectivity index (χ3v) is 14.2. The molecular weight excluding hydrogens is 639 g/mol. The third-order valence-electron chi connectivity index (χ3n) is 14.2. The largest absolute Gasteiger partial charge is 0.311 e. The molecule has 2 bridgehead atoms. The molecule has 0 heterocycles. The molecule has 0 amide bonds. The number of hydrogen-bond donors (Lipinski definition) is 0. The van der Waals surface area contributed by atoms with E-state index in [9.17, 15) is 0 Å². The zero-order valence-corrected chi connectivity index (χ0v) is 31.6. The summed E-state index contributed by atoms with van der Waals surface area (Å²) in [6.45, 7) is 4.84. The fourth-order valence-corrected chi connectivity index (χ4v) is 11.4. The average molecular weight is 692 g/mol. The van der Waals surface area contributed by atoms with E-state index in [4.69, 9.17) is 0 Å². The highest BCUT2D eigenvalue weighted by molar-refractivity contribution is 5.90. The molecule has 5 aliphatic carbocycles. The topological polar surface area (TPSA) is 3.24 Å². The summed E-state index contributed by atoms with van der Waals surface area (Å²) in [5.74, 6) is 4.25. The minimum absolute atomic E-state index is 0.0989. The van der Waals surface area contributed by atoms with Crippen molar-refractivity contribution in [3.8, 4) is 33.4 Å². The van der Waals surface area contributed by atoms with Gasteiger partial charge in [0.2, 0.25) is 0 Å². The Bertz CT molecular complexity index is 2190. The second kappa shape index (κ2) is 13.3. The van der Waals surface area contributed by atoms with E-state index in [1.54, 1.807) is 0 Å². The summed E-state index contributed by atoms with van der Waals surface area (Å²) in [5, 5.41) is 0. The van der Waals surface area contributed by atoms with Crippen LogP contribution in [0.1, 0.15) is 101 Å². The van der Waals surface area contributed by atoms with Crippen LogP contribution in [0.3, 0.4) is 0 Å². The first kappa shape index (κ1) is 33.0. The lowest BCUT2D eigenvalue weighted by Gasteiger charge is -2.33. The molecule has 5 aromatic rings. The molecule has 3 saturated carbocycles. The van der Waals surface area contributed by atoms with Crippen molar-refractivity contribution >= 4 is 11.4 Å². The molecule has 5 aliphatic rings. The Hall–Kier alpha value is -4.62. The van der Waals surface area contributed by atoms with Gasteiger partial charge >= 0.3 is 0 Å². The summed E-state index contributed by atoms with van der Waals surface area (Å²) in [7, 11) is 0. The van der Waals surface area contributed by atoms with Crippen LogP contribution in [-0.4, -0.2) is 0 Å². The van der Waals surface area contributed by atoms with Gasteiger partial charge in [-0.1, -0.05) is 137 Å². The van der Waals surface area contributed by atoms with Gasteiger partial charge in [-0.2, -0.15) is 0 Å². The van der Waals surface area contributed by atoms with Crippen molar-refractivity contribution in [3.63, 3.8) is 0 Å². The average Bonchev–Trinajstić information content (AvgIpc) is 3.92. The summed E-state index contributed by atoms with van der Waals surface area (Å²) in [6, 6.07) is 43.9. The molecule has 53 heavy (non-hydrogen) atoms. The van der Waals surface area contributed by atoms with E-state index in [1.807, 2.05) is 0 Å². The van der Waals surface area contributed by atoms with Gasteiger partial charge in [-0.3, -0.25) is 0 Å². The predicted octanol–water partition coefficient (Wildman–Crippen LogP) is 14.4. The standard InChI is InChI=1S/C52H53N/c1-52(2)50-30-23-41(46-16-10-9-15-45(46)38-13-7-4-8-14-38)33-49(50)47-29-28-44(34-51(47)52)53(42-24-19-37(20-25-42)36-11-5-3-6-12-36)43-26-21-39(22-27-43)48-32-35-17-18-40(48)31-35/h4,7-10,13-16,19-21,23-30,33-36,39-40,48H,3,5-6,11-12,17-18,22,31-32H2,1-2H3. The van der Waals surface area contributed by atoms with E-state index in [1.165, 1.54) is 125 Å². The SMILES string of the molecule is CC1(C)c2ccc(-c3ccccc3-c3ccccc3)cc2-c2ccc(N(C3=CCC(C4CC5CCC4C5)C=C3)c3ccc(C4CCCCC4)cc3)cc21. The lowest BCUT2D eigenvalue weighted by atomic mass is 9.76. The van der Waals surface area contributed by atoms with Gasteiger partial charge in [-0.25, -0.2) is 0 Å². The molecule has 3 fully saturated rings. The van der Waals surface area contributed by atoms with Gasteiger partial charge in [0.1, 0.15) is 0 Å². The van der Waals surface area contributed by atoms with Gasteiger partial charge in [-0.15, -0.1) is 0 Å². The molecule has 0 N–H and O–H groups in total. The molecule has 0 radical (unpaired) electrons.